The summed E-state index contributed by atoms with van der Waals surface area (Å²) in [7, 11) is 0. The van der Waals surface area contributed by atoms with Crippen molar-refractivity contribution in [2.75, 3.05) is 0 Å². The molecule has 2 nitrogen and oxygen atoms in total. The summed E-state index contributed by atoms with van der Waals surface area (Å²) in [4.78, 5) is 3.13. The van der Waals surface area contributed by atoms with Crippen molar-refractivity contribution in [2.24, 2.45) is 5.41 Å². The zero-order valence-electron chi connectivity index (χ0n) is 9.84. The van der Waals surface area contributed by atoms with Crippen LogP contribution in [0.3, 0.4) is 0 Å². The van der Waals surface area contributed by atoms with E-state index in [1.807, 2.05) is 6.20 Å². The van der Waals surface area contributed by atoms with Gasteiger partial charge in [0.1, 0.15) is 0 Å². The number of hydrogen-bond donors (Lipinski definition) is 1. The fraction of sp³-hybridized carbons (Fsp3) is 0.750. The number of H-pyrrole nitrogens is 1. The molecule has 2 rings (SSSR count). The van der Waals surface area contributed by atoms with E-state index in [-0.39, 0.29) is 0 Å². The molecule has 0 saturated heterocycles. The molecule has 1 saturated carbocycles. The third-order valence-corrected chi connectivity index (χ3v) is 3.99. The summed E-state index contributed by atoms with van der Waals surface area (Å²) in [5, 5.41) is 0. The molecular formula is C12H20N2S. The Morgan fingerprint density at radius 2 is 2.00 bits per heavy atom. The predicted molar refractivity (Wildman–Crippen MR) is 65.6 cm³/mol. The fourth-order valence-electron chi connectivity index (χ4n) is 2.56. The van der Waals surface area contributed by atoms with E-state index in [0.717, 1.165) is 4.77 Å². The smallest absolute Gasteiger partial charge is 0.177 e. The van der Waals surface area contributed by atoms with Crippen LogP contribution in [0.25, 0.3) is 0 Å². The molecule has 84 valence electrons. The third-order valence-electron chi connectivity index (χ3n) is 3.68. The van der Waals surface area contributed by atoms with E-state index in [1.54, 1.807) is 0 Å². The summed E-state index contributed by atoms with van der Waals surface area (Å²) in [5.74, 6) is 0. The second-order valence-electron chi connectivity index (χ2n) is 5.50. The number of rotatable bonds is 1. The second kappa shape index (κ2) is 3.78. The van der Waals surface area contributed by atoms with E-state index >= 15 is 0 Å². The maximum Gasteiger partial charge on any atom is 0.177 e. The molecule has 1 aliphatic rings. The molecule has 1 fully saturated rings. The van der Waals surface area contributed by atoms with Gasteiger partial charge in [0, 0.05) is 17.9 Å². The Kier molecular flexibility index (Phi) is 2.75. The van der Waals surface area contributed by atoms with Crippen LogP contribution in [0.4, 0.5) is 0 Å². The van der Waals surface area contributed by atoms with E-state index in [4.69, 9.17) is 12.2 Å². The molecule has 0 aromatic carbocycles. The van der Waals surface area contributed by atoms with E-state index in [2.05, 4.69) is 30.3 Å². The van der Waals surface area contributed by atoms with Crippen LogP contribution < -0.4 is 0 Å². The van der Waals surface area contributed by atoms with Crippen LogP contribution in [0.5, 0.6) is 0 Å². The first kappa shape index (κ1) is 10.9. The maximum absolute atomic E-state index is 5.32. The highest BCUT2D eigenvalue weighted by atomic mass is 32.1. The van der Waals surface area contributed by atoms with Crippen LogP contribution in [-0.2, 0) is 0 Å². The van der Waals surface area contributed by atoms with Gasteiger partial charge in [-0.05, 0) is 50.2 Å². The third kappa shape index (κ3) is 2.17. The molecule has 1 aliphatic carbocycles. The molecule has 0 amide bonds. The number of imidazole rings is 1. The van der Waals surface area contributed by atoms with Gasteiger partial charge in [-0.1, -0.05) is 13.8 Å². The Morgan fingerprint density at radius 3 is 2.47 bits per heavy atom. The summed E-state index contributed by atoms with van der Waals surface area (Å²) >= 11 is 5.32. The molecular weight excluding hydrogens is 204 g/mol. The molecule has 0 bridgehead atoms. The van der Waals surface area contributed by atoms with Gasteiger partial charge in [0.25, 0.3) is 0 Å². The number of aromatic nitrogens is 2. The van der Waals surface area contributed by atoms with Gasteiger partial charge in [-0.2, -0.15) is 0 Å². The Morgan fingerprint density at radius 1 is 1.40 bits per heavy atom. The lowest BCUT2D eigenvalue weighted by Crippen LogP contribution is -2.24. The van der Waals surface area contributed by atoms with Crippen molar-refractivity contribution in [3.05, 3.63) is 16.7 Å². The molecule has 1 aromatic rings. The molecule has 1 aromatic heterocycles. The van der Waals surface area contributed by atoms with Crippen LogP contribution in [0.1, 0.15) is 51.3 Å². The monoisotopic (exact) mass is 224 g/mol. The zero-order valence-corrected chi connectivity index (χ0v) is 10.7. The predicted octanol–water partition coefficient (Wildman–Crippen LogP) is 4.00. The van der Waals surface area contributed by atoms with Crippen molar-refractivity contribution in [2.45, 2.75) is 52.5 Å². The number of hydrogen-bond acceptors (Lipinski definition) is 1. The lowest BCUT2D eigenvalue weighted by Gasteiger charge is -2.35. The average molecular weight is 224 g/mol. The molecule has 1 N–H and O–H groups in total. The molecule has 0 aliphatic heterocycles. The first-order chi connectivity index (χ1) is 6.99. The van der Waals surface area contributed by atoms with Crippen LogP contribution >= 0.6 is 12.2 Å². The zero-order chi connectivity index (χ0) is 11.1. The van der Waals surface area contributed by atoms with E-state index in [9.17, 15) is 0 Å². The van der Waals surface area contributed by atoms with Crippen LogP contribution in [0.15, 0.2) is 6.20 Å². The summed E-state index contributed by atoms with van der Waals surface area (Å²) in [6, 6.07) is 0.622. The van der Waals surface area contributed by atoms with E-state index in [0.29, 0.717) is 11.5 Å². The van der Waals surface area contributed by atoms with Gasteiger partial charge in [0.05, 0.1) is 0 Å². The van der Waals surface area contributed by atoms with Crippen LogP contribution in [0, 0.1) is 17.1 Å². The van der Waals surface area contributed by atoms with Gasteiger partial charge in [-0.25, -0.2) is 0 Å². The second-order valence-corrected chi connectivity index (χ2v) is 5.89. The van der Waals surface area contributed by atoms with Crippen molar-refractivity contribution in [3.8, 4) is 0 Å². The molecule has 0 atom stereocenters. The number of aromatic amines is 1. The highest BCUT2D eigenvalue weighted by Crippen LogP contribution is 2.40. The lowest BCUT2D eigenvalue weighted by atomic mass is 9.75. The summed E-state index contributed by atoms with van der Waals surface area (Å²) in [6.07, 6.45) is 7.16. The van der Waals surface area contributed by atoms with E-state index in [1.165, 1.54) is 31.4 Å². The van der Waals surface area contributed by atoms with Gasteiger partial charge >= 0.3 is 0 Å². The van der Waals surface area contributed by atoms with Crippen molar-refractivity contribution in [3.63, 3.8) is 0 Å². The molecule has 0 unspecified atom stereocenters. The van der Waals surface area contributed by atoms with Gasteiger partial charge in [-0.15, -0.1) is 0 Å². The Bertz CT molecular complexity index is 390. The Balaban J connectivity index is 2.18. The topological polar surface area (TPSA) is 20.7 Å². The SMILES string of the molecule is Cc1c[nH]c(=S)n1C1CCC(C)(C)CC1. The van der Waals surface area contributed by atoms with Crippen molar-refractivity contribution in [1.82, 2.24) is 9.55 Å². The highest BCUT2D eigenvalue weighted by molar-refractivity contribution is 7.71. The molecule has 0 radical (unpaired) electrons. The molecule has 1 heterocycles. The quantitative estimate of drug-likeness (QED) is 0.715. The Hall–Kier alpha value is -0.570. The first-order valence-corrected chi connectivity index (χ1v) is 6.17. The van der Waals surface area contributed by atoms with Gasteiger partial charge in [-0.3, -0.25) is 0 Å². The molecule has 15 heavy (non-hydrogen) atoms. The lowest BCUT2D eigenvalue weighted by molar-refractivity contribution is 0.191. The van der Waals surface area contributed by atoms with Gasteiger partial charge in [0.15, 0.2) is 4.77 Å². The van der Waals surface area contributed by atoms with Crippen molar-refractivity contribution < 1.29 is 0 Å². The highest BCUT2D eigenvalue weighted by Gasteiger charge is 2.28. The summed E-state index contributed by atoms with van der Waals surface area (Å²) < 4.78 is 3.18. The van der Waals surface area contributed by atoms with Crippen molar-refractivity contribution in [1.29, 1.82) is 0 Å². The van der Waals surface area contributed by atoms with Gasteiger partial charge < -0.3 is 9.55 Å². The minimum atomic E-state index is 0.531. The minimum Gasteiger partial charge on any atom is -0.337 e. The largest absolute Gasteiger partial charge is 0.337 e. The number of aryl methyl sites for hydroxylation is 1. The van der Waals surface area contributed by atoms with Crippen LogP contribution in [0.2, 0.25) is 0 Å². The maximum atomic E-state index is 5.32. The van der Waals surface area contributed by atoms with Crippen molar-refractivity contribution >= 4 is 12.2 Å². The van der Waals surface area contributed by atoms with Gasteiger partial charge in [0.2, 0.25) is 0 Å². The number of nitrogens with zero attached hydrogens (tertiary/aromatic N) is 1. The van der Waals surface area contributed by atoms with Crippen LogP contribution in [-0.4, -0.2) is 9.55 Å². The molecule has 3 heteroatoms. The van der Waals surface area contributed by atoms with E-state index < -0.39 is 0 Å². The normalized spacial score (nSPS) is 21.8. The minimum absolute atomic E-state index is 0.531. The molecule has 0 spiro atoms. The number of nitrogens with one attached hydrogen (secondary N) is 1. The summed E-state index contributed by atoms with van der Waals surface area (Å²) in [6.45, 7) is 6.87. The standard InChI is InChI=1S/C12H20N2S/c1-9-8-13-11(15)14(9)10-4-6-12(2,3)7-5-10/h8,10H,4-7H2,1-3H3,(H,13,15). The fourth-order valence-corrected chi connectivity index (χ4v) is 2.91. The summed E-state index contributed by atoms with van der Waals surface area (Å²) in [5.41, 5.74) is 1.80. The average Bonchev–Trinajstić information content (AvgIpc) is 2.48. The first-order valence-electron chi connectivity index (χ1n) is 5.76. The Labute approximate surface area is 96.7 Å².